The number of benzene rings is 1. The first-order valence-electron chi connectivity index (χ1n) is 5.83. The number of carbonyl (C=O) groups excluding carboxylic acids is 1. The van der Waals surface area contributed by atoms with Crippen molar-refractivity contribution in [3.63, 3.8) is 0 Å². The van der Waals surface area contributed by atoms with E-state index in [9.17, 15) is 9.90 Å². The molecule has 0 heterocycles. The van der Waals surface area contributed by atoms with Crippen LogP contribution in [0.2, 0.25) is 5.02 Å². The van der Waals surface area contributed by atoms with Crippen molar-refractivity contribution in [1.29, 1.82) is 0 Å². The second-order valence-corrected chi connectivity index (χ2v) is 4.95. The molecule has 0 aliphatic heterocycles. The van der Waals surface area contributed by atoms with Gasteiger partial charge in [0.15, 0.2) is 0 Å². The zero-order valence-corrected chi connectivity index (χ0v) is 11.7. The van der Waals surface area contributed by atoms with Crippen molar-refractivity contribution in [3.8, 4) is 0 Å². The highest BCUT2D eigenvalue weighted by Gasteiger charge is 2.12. The van der Waals surface area contributed by atoms with Gasteiger partial charge in [0.2, 0.25) is 5.91 Å². The minimum atomic E-state index is -0.0807. The van der Waals surface area contributed by atoms with Gasteiger partial charge in [0.25, 0.3) is 0 Å². The summed E-state index contributed by atoms with van der Waals surface area (Å²) >= 11 is 5.93. The summed E-state index contributed by atoms with van der Waals surface area (Å²) in [5.41, 5.74) is 1.52. The van der Waals surface area contributed by atoms with Gasteiger partial charge < -0.3 is 15.3 Å². The Morgan fingerprint density at radius 1 is 1.50 bits per heavy atom. The Morgan fingerprint density at radius 2 is 2.17 bits per heavy atom. The van der Waals surface area contributed by atoms with Crippen molar-refractivity contribution in [3.05, 3.63) is 28.8 Å². The number of rotatable bonds is 5. The highest BCUT2D eigenvalue weighted by molar-refractivity contribution is 6.30. The molecule has 0 bridgehead atoms. The van der Waals surface area contributed by atoms with E-state index in [0.717, 1.165) is 11.3 Å². The van der Waals surface area contributed by atoms with Crippen molar-refractivity contribution in [1.82, 2.24) is 5.32 Å². The minimum absolute atomic E-state index is 0.0589. The molecular weight excluding hydrogens is 252 g/mol. The molecule has 0 aromatic heterocycles. The number of nitrogens with one attached hydrogen (secondary N) is 1. The summed E-state index contributed by atoms with van der Waals surface area (Å²) in [5.74, 6) is -0.0589. The molecule has 0 saturated carbocycles. The smallest absolute Gasteiger partial charge is 0.239 e. The fraction of sp³-hybridized carbons (Fsp3) is 0.462. The molecule has 0 radical (unpaired) electrons. The van der Waals surface area contributed by atoms with Gasteiger partial charge in [-0.2, -0.15) is 0 Å². The summed E-state index contributed by atoms with van der Waals surface area (Å²) in [6, 6.07) is 5.34. The molecule has 5 heteroatoms. The second-order valence-electron chi connectivity index (χ2n) is 4.51. The summed E-state index contributed by atoms with van der Waals surface area (Å²) in [6.07, 6.45) is 0. The van der Waals surface area contributed by atoms with E-state index < -0.39 is 0 Å². The van der Waals surface area contributed by atoms with Crippen molar-refractivity contribution >= 4 is 23.2 Å². The lowest BCUT2D eigenvalue weighted by Crippen LogP contribution is -2.38. The third-order valence-corrected chi connectivity index (χ3v) is 2.69. The Bertz CT molecular complexity index is 421. The minimum Gasteiger partial charge on any atom is -0.392 e. The predicted octanol–water partition coefficient (Wildman–Crippen LogP) is 1.79. The molecule has 1 aromatic rings. The predicted molar refractivity (Wildman–Crippen MR) is 73.9 cm³/mol. The number of hydrogen-bond acceptors (Lipinski definition) is 3. The summed E-state index contributed by atoms with van der Waals surface area (Å²) < 4.78 is 0. The number of carbonyl (C=O) groups is 1. The molecule has 1 rings (SSSR count). The Hall–Kier alpha value is -1.26. The Balaban J connectivity index is 2.80. The summed E-state index contributed by atoms with van der Waals surface area (Å²) in [6.45, 7) is 3.97. The van der Waals surface area contributed by atoms with Crippen molar-refractivity contribution in [2.45, 2.75) is 26.5 Å². The second kappa shape index (κ2) is 6.61. The first-order valence-corrected chi connectivity index (χ1v) is 6.21. The summed E-state index contributed by atoms with van der Waals surface area (Å²) in [4.78, 5) is 13.4. The lowest BCUT2D eigenvalue weighted by atomic mass is 10.1. The Kier molecular flexibility index (Phi) is 5.44. The van der Waals surface area contributed by atoms with E-state index in [2.05, 4.69) is 5.32 Å². The number of aliphatic hydroxyl groups excluding tert-OH is 1. The van der Waals surface area contributed by atoms with E-state index in [0.29, 0.717) is 5.02 Å². The monoisotopic (exact) mass is 270 g/mol. The Morgan fingerprint density at radius 3 is 2.72 bits per heavy atom. The number of nitrogens with zero attached hydrogens (tertiary/aromatic N) is 1. The number of aliphatic hydroxyl groups is 1. The molecule has 0 atom stereocenters. The quantitative estimate of drug-likeness (QED) is 0.858. The molecule has 0 unspecified atom stereocenters. The van der Waals surface area contributed by atoms with Gasteiger partial charge in [-0.25, -0.2) is 0 Å². The average molecular weight is 271 g/mol. The zero-order chi connectivity index (χ0) is 13.7. The summed E-state index contributed by atoms with van der Waals surface area (Å²) in [7, 11) is 1.80. The van der Waals surface area contributed by atoms with Crippen LogP contribution in [-0.4, -0.2) is 30.6 Å². The number of hydrogen-bond donors (Lipinski definition) is 2. The van der Waals surface area contributed by atoms with Crippen LogP contribution in [0, 0.1) is 0 Å². The maximum atomic E-state index is 11.7. The highest BCUT2D eigenvalue weighted by Crippen LogP contribution is 2.23. The first kappa shape index (κ1) is 14.8. The van der Waals surface area contributed by atoms with Gasteiger partial charge in [-0.05, 0) is 26.0 Å². The van der Waals surface area contributed by atoms with Crippen LogP contribution < -0.4 is 10.2 Å². The topological polar surface area (TPSA) is 52.6 Å². The van der Waals surface area contributed by atoms with Crippen molar-refractivity contribution < 1.29 is 9.90 Å². The van der Waals surface area contributed by atoms with Crippen LogP contribution in [0.25, 0.3) is 0 Å². The van der Waals surface area contributed by atoms with Crippen LogP contribution in [0.5, 0.6) is 0 Å². The van der Waals surface area contributed by atoms with Gasteiger partial charge >= 0.3 is 0 Å². The van der Waals surface area contributed by atoms with Crippen LogP contribution in [0.1, 0.15) is 19.4 Å². The van der Waals surface area contributed by atoms with Crippen LogP contribution >= 0.6 is 11.6 Å². The largest absolute Gasteiger partial charge is 0.392 e. The fourth-order valence-corrected chi connectivity index (χ4v) is 1.86. The molecule has 0 fully saturated rings. The fourth-order valence-electron chi connectivity index (χ4n) is 1.69. The van der Waals surface area contributed by atoms with E-state index in [1.807, 2.05) is 13.8 Å². The lowest BCUT2D eigenvalue weighted by molar-refractivity contribution is -0.120. The van der Waals surface area contributed by atoms with Gasteiger partial charge in [0.05, 0.1) is 13.2 Å². The lowest BCUT2D eigenvalue weighted by Gasteiger charge is -2.22. The van der Waals surface area contributed by atoms with Gasteiger partial charge in [0, 0.05) is 29.4 Å². The third-order valence-electron chi connectivity index (χ3n) is 2.46. The van der Waals surface area contributed by atoms with Gasteiger partial charge in [0.1, 0.15) is 0 Å². The SMILES string of the molecule is CC(C)NC(=O)CN(C)c1cc(Cl)ccc1CO. The first-order chi connectivity index (χ1) is 8.43. The maximum absolute atomic E-state index is 11.7. The number of likely N-dealkylation sites (N-methyl/N-ethyl adjacent to an activating group) is 1. The zero-order valence-electron chi connectivity index (χ0n) is 10.9. The van der Waals surface area contributed by atoms with Crippen molar-refractivity contribution in [2.24, 2.45) is 0 Å². The average Bonchev–Trinajstić information content (AvgIpc) is 2.27. The molecule has 0 aliphatic carbocycles. The molecule has 0 spiro atoms. The number of anilines is 1. The van der Waals surface area contributed by atoms with Crippen LogP contribution in [0.4, 0.5) is 5.69 Å². The molecular formula is C13H19ClN2O2. The van der Waals surface area contributed by atoms with E-state index >= 15 is 0 Å². The maximum Gasteiger partial charge on any atom is 0.239 e. The summed E-state index contributed by atoms with van der Waals surface area (Å²) in [5, 5.41) is 12.7. The van der Waals surface area contributed by atoms with E-state index in [1.54, 1.807) is 30.1 Å². The molecule has 4 nitrogen and oxygen atoms in total. The van der Waals surface area contributed by atoms with Crippen LogP contribution in [-0.2, 0) is 11.4 Å². The molecule has 2 N–H and O–H groups in total. The number of amides is 1. The van der Waals surface area contributed by atoms with Gasteiger partial charge in [-0.15, -0.1) is 0 Å². The standard InChI is InChI=1S/C13H19ClN2O2/c1-9(2)15-13(18)7-16(3)12-6-11(14)5-4-10(12)8-17/h4-6,9,17H,7-8H2,1-3H3,(H,15,18). The molecule has 1 aromatic carbocycles. The van der Waals surface area contributed by atoms with Gasteiger partial charge in [-0.3, -0.25) is 4.79 Å². The van der Waals surface area contributed by atoms with E-state index in [1.165, 1.54) is 0 Å². The molecule has 0 aliphatic rings. The van der Waals surface area contributed by atoms with E-state index in [-0.39, 0.29) is 25.1 Å². The molecule has 1 amide bonds. The molecule has 18 heavy (non-hydrogen) atoms. The van der Waals surface area contributed by atoms with Crippen LogP contribution in [0.3, 0.4) is 0 Å². The molecule has 100 valence electrons. The van der Waals surface area contributed by atoms with E-state index in [4.69, 9.17) is 11.6 Å². The van der Waals surface area contributed by atoms with Gasteiger partial charge in [-0.1, -0.05) is 17.7 Å². The third kappa shape index (κ3) is 4.20. The van der Waals surface area contributed by atoms with Crippen molar-refractivity contribution in [2.75, 3.05) is 18.5 Å². The highest BCUT2D eigenvalue weighted by atomic mass is 35.5. The number of halogens is 1. The Labute approximate surface area is 113 Å². The normalized spacial score (nSPS) is 10.6. The molecule has 0 saturated heterocycles. The van der Waals surface area contributed by atoms with Crippen LogP contribution in [0.15, 0.2) is 18.2 Å².